The highest BCUT2D eigenvalue weighted by atomic mass is 16.5. The Bertz CT molecular complexity index is 722. The Balaban J connectivity index is 1.53. The fourth-order valence-corrected chi connectivity index (χ4v) is 4.36. The van der Waals surface area contributed by atoms with Crippen molar-refractivity contribution in [3.05, 3.63) is 65.2 Å². The molecule has 0 aliphatic heterocycles. The lowest BCUT2D eigenvalue weighted by Crippen LogP contribution is -2.13. The fraction of sp³-hybridized carbons (Fsp3) is 0.500. The Morgan fingerprint density at radius 2 is 1.57 bits per heavy atom. The molecule has 0 bridgehead atoms. The Morgan fingerprint density at radius 1 is 0.893 bits per heavy atom. The fourth-order valence-electron chi connectivity index (χ4n) is 4.36. The van der Waals surface area contributed by atoms with Crippen molar-refractivity contribution in [2.75, 3.05) is 0 Å². The quantitative estimate of drug-likeness (QED) is 0.355. The van der Waals surface area contributed by atoms with Crippen LogP contribution in [0.4, 0.5) is 0 Å². The molecular formula is C26H34O2. The number of hydrogen-bond donors (Lipinski definition) is 0. The summed E-state index contributed by atoms with van der Waals surface area (Å²) in [5, 5.41) is 0. The number of hydrogen-bond acceptors (Lipinski definition) is 2. The third-order valence-corrected chi connectivity index (χ3v) is 6.11. The van der Waals surface area contributed by atoms with Gasteiger partial charge in [-0.3, -0.25) is 0 Å². The predicted molar refractivity (Wildman–Crippen MR) is 116 cm³/mol. The molecule has 1 aliphatic rings. The lowest BCUT2D eigenvalue weighted by molar-refractivity contribution is 0.0734. The topological polar surface area (TPSA) is 26.3 Å². The number of benzene rings is 2. The molecular weight excluding hydrogens is 344 g/mol. The first-order chi connectivity index (χ1) is 13.7. The minimum absolute atomic E-state index is 0.283. The maximum Gasteiger partial charge on any atom is 0.343 e. The summed E-state index contributed by atoms with van der Waals surface area (Å²) in [7, 11) is 0. The van der Waals surface area contributed by atoms with Crippen LogP contribution in [0.1, 0.15) is 92.6 Å². The van der Waals surface area contributed by atoms with E-state index in [0.717, 1.165) is 12.3 Å². The summed E-state index contributed by atoms with van der Waals surface area (Å²) in [4.78, 5) is 12.4. The van der Waals surface area contributed by atoms with E-state index < -0.39 is 0 Å². The van der Waals surface area contributed by atoms with Gasteiger partial charge in [0.2, 0.25) is 0 Å². The van der Waals surface area contributed by atoms with Gasteiger partial charge in [0.05, 0.1) is 5.56 Å². The lowest BCUT2D eigenvalue weighted by Gasteiger charge is -2.28. The van der Waals surface area contributed by atoms with Crippen molar-refractivity contribution < 1.29 is 9.53 Å². The van der Waals surface area contributed by atoms with E-state index in [0.29, 0.717) is 17.2 Å². The second-order valence-electron chi connectivity index (χ2n) is 8.27. The zero-order valence-corrected chi connectivity index (χ0v) is 17.5. The summed E-state index contributed by atoms with van der Waals surface area (Å²) in [6, 6.07) is 16.0. The maximum absolute atomic E-state index is 12.4. The average Bonchev–Trinajstić information content (AvgIpc) is 2.74. The normalized spacial score (nSPS) is 19.4. The third kappa shape index (κ3) is 5.70. The first-order valence-corrected chi connectivity index (χ1v) is 11.1. The Morgan fingerprint density at radius 3 is 2.18 bits per heavy atom. The molecule has 3 rings (SSSR count). The smallest absolute Gasteiger partial charge is 0.343 e. The minimum atomic E-state index is -0.283. The molecule has 0 amide bonds. The van der Waals surface area contributed by atoms with Crippen LogP contribution in [-0.2, 0) is 6.42 Å². The van der Waals surface area contributed by atoms with Crippen LogP contribution in [0.5, 0.6) is 5.75 Å². The monoisotopic (exact) mass is 378 g/mol. The summed E-state index contributed by atoms with van der Waals surface area (Å²) < 4.78 is 5.57. The van der Waals surface area contributed by atoms with Crippen LogP contribution in [0.15, 0.2) is 48.5 Å². The van der Waals surface area contributed by atoms with E-state index in [-0.39, 0.29) is 5.97 Å². The van der Waals surface area contributed by atoms with E-state index in [1.807, 2.05) is 36.4 Å². The molecule has 0 spiro atoms. The van der Waals surface area contributed by atoms with Gasteiger partial charge >= 0.3 is 5.97 Å². The van der Waals surface area contributed by atoms with E-state index in [1.165, 1.54) is 62.5 Å². The van der Waals surface area contributed by atoms with E-state index in [2.05, 4.69) is 26.0 Å². The van der Waals surface area contributed by atoms with Gasteiger partial charge in [-0.25, -0.2) is 4.79 Å². The Labute approximate surface area is 170 Å². The van der Waals surface area contributed by atoms with Crippen molar-refractivity contribution in [1.82, 2.24) is 0 Å². The van der Waals surface area contributed by atoms with Crippen LogP contribution in [0.3, 0.4) is 0 Å². The first kappa shape index (κ1) is 20.6. The molecule has 1 aliphatic carbocycles. The molecule has 0 aromatic heterocycles. The molecule has 0 radical (unpaired) electrons. The number of aryl methyl sites for hydroxylation is 1. The summed E-state index contributed by atoms with van der Waals surface area (Å²) in [6.45, 7) is 4.47. The molecule has 150 valence electrons. The van der Waals surface area contributed by atoms with Crippen LogP contribution in [0.25, 0.3) is 0 Å². The van der Waals surface area contributed by atoms with E-state index in [1.54, 1.807) is 0 Å². The number of esters is 1. The largest absolute Gasteiger partial charge is 0.423 e. The zero-order chi connectivity index (χ0) is 19.8. The van der Waals surface area contributed by atoms with Crippen LogP contribution < -0.4 is 4.74 Å². The van der Waals surface area contributed by atoms with Crippen molar-refractivity contribution in [3.63, 3.8) is 0 Å². The molecule has 1 fully saturated rings. The van der Waals surface area contributed by atoms with Crippen LogP contribution in [0.2, 0.25) is 0 Å². The molecule has 2 aromatic rings. The second-order valence-corrected chi connectivity index (χ2v) is 8.27. The number of carbonyl (C=O) groups excluding carboxylic acids is 1. The summed E-state index contributed by atoms with van der Waals surface area (Å²) in [5.74, 6) is 1.93. The van der Waals surface area contributed by atoms with Crippen molar-refractivity contribution in [3.8, 4) is 5.75 Å². The van der Waals surface area contributed by atoms with Gasteiger partial charge in [0.15, 0.2) is 0 Å². The molecule has 0 unspecified atom stereocenters. The number of carbonyl (C=O) groups is 1. The van der Waals surface area contributed by atoms with Crippen LogP contribution >= 0.6 is 0 Å². The molecule has 0 N–H and O–H groups in total. The van der Waals surface area contributed by atoms with E-state index in [4.69, 9.17) is 4.74 Å². The SMILES string of the molecule is CCCCc1ccc(C(=O)Oc2ccc(C3CCC(CCC)CC3)cc2)cc1. The zero-order valence-electron chi connectivity index (χ0n) is 17.5. The molecule has 1 saturated carbocycles. The summed E-state index contributed by atoms with van der Waals surface area (Å²) in [6.07, 6.45) is 11.4. The van der Waals surface area contributed by atoms with E-state index in [9.17, 15) is 4.79 Å². The van der Waals surface area contributed by atoms with Gasteiger partial charge in [-0.05, 0) is 85.8 Å². The molecule has 28 heavy (non-hydrogen) atoms. The summed E-state index contributed by atoms with van der Waals surface area (Å²) in [5.41, 5.74) is 3.27. The Kier molecular flexibility index (Phi) is 7.71. The van der Waals surface area contributed by atoms with Gasteiger partial charge in [-0.15, -0.1) is 0 Å². The lowest BCUT2D eigenvalue weighted by atomic mass is 9.77. The highest BCUT2D eigenvalue weighted by Gasteiger charge is 2.21. The number of unbranched alkanes of at least 4 members (excludes halogenated alkanes) is 1. The van der Waals surface area contributed by atoms with Gasteiger partial charge < -0.3 is 4.74 Å². The molecule has 2 nitrogen and oxygen atoms in total. The third-order valence-electron chi connectivity index (χ3n) is 6.11. The molecule has 0 heterocycles. The van der Waals surface area contributed by atoms with Gasteiger partial charge in [-0.2, -0.15) is 0 Å². The number of ether oxygens (including phenoxy) is 1. The molecule has 0 atom stereocenters. The first-order valence-electron chi connectivity index (χ1n) is 11.1. The standard InChI is InChI=1S/C26H34O2/c1-3-5-7-21-10-14-24(15-11-21)26(27)28-25-18-16-23(17-19-25)22-12-8-20(6-4-2)9-13-22/h10-11,14-20,22H,3-9,12-13H2,1-2H3. The van der Waals surface area contributed by atoms with Gasteiger partial charge in [0.25, 0.3) is 0 Å². The minimum Gasteiger partial charge on any atom is -0.423 e. The van der Waals surface area contributed by atoms with Gasteiger partial charge in [0, 0.05) is 0 Å². The highest BCUT2D eigenvalue weighted by Crippen LogP contribution is 2.37. The predicted octanol–water partition coefficient (Wildman–Crippen LogP) is 7.32. The average molecular weight is 379 g/mol. The van der Waals surface area contributed by atoms with Crippen LogP contribution in [0, 0.1) is 5.92 Å². The highest BCUT2D eigenvalue weighted by molar-refractivity contribution is 5.91. The van der Waals surface area contributed by atoms with Crippen molar-refractivity contribution in [1.29, 1.82) is 0 Å². The molecule has 2 heteroatoms. The van der Waals surface area contributed by atoms with Gasteiger partial charge in [-0.1, -0.05) is 57.4 Å². The van der Waals surface area contributed by atoms with Crippen molar-refractivity contribution in [2.24, 2.45) is 5.92 Å². The Hall–Kier alpha value is -2.09. The van der Waals surface area contributed by atoms with Crippen molar-refractivity contribution in [2.45, 2.75) is 77.6 Å². The second kappa shape index (κ2) is 10.5. The van der Waals surface area contributed by atoms with Crippen molar-refractivity contribution >= 4 is 5.97 Å². The molecule has 2 aromatic carbocycles. The van der Waals surface area contributed by atoms with Gasteiger partial charge in [0.1, 0.15) is 5.75 Å². The molecule has 0 saturated heterocycles. The summed E-state index contributed by atoms with van der Waals surface area (Å²) >= 11 is 0. The maximum atomic E-state index is 12.4. The van der Waals surface area contributed by atoms with E-state index >= 15 is 0 Å². The van der Waals surface area contributed by atoms with Crippen LogP contribution in [-0.4, -0.2) is 5.97 Å². The number of rotatable bonds is 8.